The lowest BCUT2D eigenvalue weighted by Crippen LogP contribution is -2.62. The highest BCUT2D eigenvalue weighted by atomic mass is 32.2. The number of β-lactam (4-membered cyclic amide) rings is 1. The smallest absolute Gasteiger partial charge is 0.383 e. The number of ether oxygens (including phenoxy) is 2. The zero-order valence-electron chi connectivity index (χ0n) is 36.6. The van der Waals surface area contributed by atoms with Crippen LogP contribution in [0.3, 0.4) is 0 Å². The summed E-state index contributed by atoms with van der Waals surface area (Å²) >= 11 is 1.58. The molecule has 0 radical (unpaired) electrons. The molecule has 1 amide bonds. The first kappa shape index (κ1) is 45.4. The first-order chi connectivity index (χ1) is 33.2. The summed E-state index contributed by atoms with van der Waals surface area (Å²) in [6.45, 7) is -1.74. The predicted molar refractivity (Wildman–Crippen MR) is 265 cm³/mol. The number of nitrogens with zero attached hydrogens (tertiary/aromatic N) is 3. The van der Waals surface area contributed by atoms with Crippen LogP contribution in [-0.4, -0.2) is 44.1 Å². The number of thioether (sulfide) groups is 1. The zero-order chi connectivity index (χ0) is 47.1. The van der Waals surface area contributed by atoms with Crippen molar-refractivity contribution in [3.05, 3.63) is 262 Å². The van der Waals surface area contributed by atoms with Crippen molar-refractivity contribution in [3.8, 4) is 0 Å². The van der Waals surface area contributed by atoms with Crippen molar-refractivity contribution in [1.82, 2.24) is 10.1 Å². The molecule has 8 aromatic rings. The molecular weight excluding hydrogens is 894 g/mol. The fourth-order valence-electron chi connectivity index (χ4n) is 8.82. The van der Waals surface area contributed by atoms with Gasteiger partial charge >= 0.3 is 18.2 Å². The van der Waals surface area contributed by atoms with Crippen molar-refractivity contribution in [2.75, 3.05) is 0 Å². The monoisotopic (exact) mass is 937 g/mol. The van der Waals surface area contributed by atoms with Crippen molar-refractivity contribution in [1.29, 1.82) is 0 Å². The summed E-state index contributed by atoms with van der Waals surface area (Å²) in [5.41, 5.74) is 3.54. The summed E-state index contributed by atoms with van der Waals surface area (Å²) in [7, 11) is 0. The number of hydrogen-bond acceptors (Lipinski definition) is 10. The molecule has 1 aliphatic rings. The Morgan fingerprint density at radius 2 is 1.13 bits per heavy atom. The molecule has 2 heterocycles. The van der Waals surface area contributed by atoms with Crippen LogP contribution in [0.2, 0.25) is 0 Å². The second-order valence-corrected chi connectivity index (χ2v) is 20.6. The number of benzene rings is 7. The van der Waals surface area contributed by atoms with Crippen LogP contribution in [0, 0.1) is 16.0 Å². The van der Waals surface area contributed by atoms with E-state index in [1.165, 1.54) is 25.3 Å². The summed E-state index contributed by atoms with van der Waals surface area (Å²) in [6.07, 6.45) is -1.42. The van der Waals surface area contributed by atoms with Crippen molar-refractivity contribution < 1.29 is 33.3 Å². The number of nitro groups is 1. The quantitative estimate of drug-likeness (QED) is 0.0175. The van der Waals surface area contributed by atoms with Crippen LogP contribution in [0.15, 0.2) is 223 Å². The maximum absolute atomic E-state index is 15.5. The van der Waals surface area contributed by atoms with E-state index in [9.17, 15) is 19.7 Å². The van der Waals surface area contributed by atoms with E-state index in [2.05, 4.69) is 41.6 Å². The molecule has 68 heavy (non-hydrogen) atoms. The van der Waals surface area contributed by atoms with Gasteiger partial charge in [0.25, 0.3) is 0 Å². The van der Waals surface area contributed by atoms with Gasteiger partial charge in [0, 0.05) is 18.9 Å². The Bertz CT molecular complexity index is 2920. The molecule has 0 spiro atoms. The van der Waals surface area contributed by atoms with Gasteiger partial charge in [-0.25, -0.2) is 4.79 Å². The van der Waals surface area contributed by atoms with E-state index in [1.807, 2.05) is 133 Å². The molecule has 0 aliphatic carbocycles. The largest absolute Gasteiger partial charge is 0.455 e. The lowest BCUT2D eigenvalue weighted by molar-refractivity contribution is -0.574. The number of carbonyl (C=O) groups is 3. The summed E-state index contributed by atoms with van der Waals surface area (Å²) < 4.78 is 15.9. The second kappa shape index (κ2) is 20.0. The summed E-state index contributed by atoms with van der Waals surface area (Å²) in [5, 5.41) is 18.2. The van der Waals surface area contributed by atoms with Gasteiger partial charge in [-0.2, -0.15) is 0 Å². The number of carbonyl (C=O) groups excluding carboxylic acids is 3. The molecule has 11 nitrogen and oxygen atoms in total. The van der Waals surface area contributed by atoms with E-state index in [4.69, 9.17) is 14.0 Å². The Morgan fingerprint density at radius 3 is 1.57 bits per heavy atom. The van der Waals surface area contributed by atoms with Crippen molar-refractivity contribution in [2.24, 2.45) is 5.92 Å². The van der Waals surface area contributed by atoms with Crippen LogP contribution in [0.1, 0.15) is 57.6 Å². The lowest BCUT2D eigenvalue weighted by atomic mass is 9.84. The third-order valence-corrected chi connectivity index (χ3v) is 17.7. The van der Waals surface area contributed by atoms with E-state index in [0.29, 0.717) is 5.69 Å². The van der Waals surface area contributed by atoms with E-state index in [0.717, 1.165) is 32.6 Å². The lowest BCUT2D eigenvalue weighted by Gasteiger charge is -2.52. The highest BCUT2D eigenvalue weighted by molar-refractivity contribution is 8.01. The molecular formula is C55H44N3O8PS. The highest BCUT2D eigenvalue weighted by Crippen LogP contribution is 2.57. The fraction of sp³-hybridized carbons (Fsp3) is 0.109. The Balaban J connectivity index is 1.26. The SMILES string of the molecule is CC(=O)OC(c1ccon1)C1C(=O)N(C=P(c2ccccc2)(c2ccccc2)c2ccc(C(=O)OC(c3ccccc3)[N+](=O)[O-])cc2)C1SC(c1ccccc1)(c1ccccc1)c1ccccc1. The van der Waals surface area contributed by atoms with Gasteiger partial charge in [-0.1, -0.05) is 187 Å². The van der Waals surface area contributed by atoms with Gasteiger partial charge in [0.05, 0.1) is 26.2 Å². The number of hydrogen-bond donors (Lipinski definition) is 0. The Hall–Kier alpha value is -7.79. The first-order valence-corrected chi connectivity index (χ1v) is 24.5. The molecule has 7 aromatic carbocycles. The van der Waals surface area contributed by atoms with Gasteiger partial charge in [-0.05, 0) is 63.8 Å². The normalized spacial score (nSPS) is 15.6. The van der Waals surface area contributed by atoms with Crippen molar-refractivity contribution >= 4 is 58.3 Å². The van der Waals surface area contributed by atoms with Crippen LogP contribution < -0.4 is 15.9 Å². The molecule has 0 N–H and O–H groups in total. The third-order valence-electron chi connectivity index (χ3n) is 12.0. The molecule has 1 fully saturated rings. The molecule has 9 rings (SSSR count). The minimum absolute atomic E-state index is 0.111. The highest BCUT2D eigenvalue weighted by Gasteiger charge is 2.58. The topological polar surface area (TPSA) is 142 Å². The van der Waals surface area contributed by atoms with Gasteiger partial charge in [0.2, 0.25) is 5.91 Å². The number of rotatable bonds is 16. The maximum Gasteiger partial charge on any atom is 0.383 e. The Labute approximate surface area is 397 Å². The van der Waals surface area contributed by atoms with Crippen LogP contribution >= 0.6 is 18.6 Å². The molecule has 1 saturated heterocycles. The van der Waals surface area contributed by atoms with Crippen LogP contribution in [-0.2, 0) is 23.8 Å². The minimum atomic E-state index is -3.05. The average molecular weight is 938 g/mol. The number of aromatic nitrogens is 1. The van der Waals surface area contributed by atoms with Gasteiger partial charge in [0.15, 0.2) is 6.10 Å². The number of esters is 2. The molecule has 338 valence electrons. The maximum atomic E-state index is 15.5. The van der Waals surface area contributed by atoms with Gasteiger partial charge < -0.3 is 18.9 Å². The first-order valence-electron chi connectivity index (χ1n) is 21.8. The minimum Gasteiger partial charge on any atom is -0.455 e. The Kier molecular flexibility index (Phi) is 13.3. The standard InChI is InChI=1S/C55H44N3O8PS/c1-39(59)65-50(48-36-37-64-56-48)49-51(60)57(53(49)68-55(42-22-10-3-11-23-42,43-24-12-4-13-25-43)44-26-14-5-15-27-44)38-67(45-28-16-6-17-29-45,46-30-18-7-19-31-46)47-34-32-41(33-35-47)54(61)66-52(58(62)63)40-20-8-2-9-21-40/h2-38,49-50,52-53H,1H3. The average Bonchev–Trinajstić information content (AvgIpc) is 3.94. The predicted octanol–water partition coefficient (Wildman–Crippen LogP) is 9.67. The van der Waals surface area contributed by atoms with Gasteiger partial charge in [-0.3, -0.25) is 19.7 Å². The molecule has 0 saturated carbocycles. The number of likely N-dealkylation sites (tertiary alicyclic amines) is 1. The molecule has 1 aliphatic heterocycles. The molecule has 1 aromatic heterocycles. The van der Waals surface area contributed by atoms with Gasteiger partial charge in [-0.15, -0.1) is 11.8 Å². The molecule has 13 heteroatoms. The zero-order valence-corrected chi connectivity index (χ0v) is 38.3. The summed E-state index contributed by atoms with van der Waals surface area (Å²) in [4.78, 5) is 55.4. The van der Waals surface area contributed by atoms with Crippen LogP contribution in [0.4, 0.5) is 0 Å². The third kappa shape index (κ3) is 8.79. The van der Waals surface area contributed by atoms with Crippen LogP contribution in [0.25, 0.3) is 0 Å². The van der Waals surface area contributed by atoms with Crippen molar-refractivity contribution in [2.45, 2.75) is 29.4 Å². The van der Waals surface area contributed by atoms with E-state index >= 15 is 4.79 Å². The second-order valence-electron chi connectivity index (χ2n) is 16.0. The van der Waals surface area contributed by atoms with E-state index in [-0.39, 0.29) is 17.0 Å². The summed E-state index contributed by atoms with van der Waals surface area (Å²) in [6, 6.07) is 66.8. The Morgan fingerprint density at radius 1 is 0.676 bits per heavy atom. The molecule has 0 bridgehead atoms. The van der Waals surface area contributed by atoms with Gasteiger partial charge in [0.1, 0.15) is 17.9 Å². The van der Waals surface area contributed by atoms with E-state index in [1.54, 1.807) is 53.1 Å². The molecule has 4 unspecified atom stereocenters. The van der Waals surface area contributed by atoms with Crippen molar-refractivity contribution in [3.63, 3.8) is 0 Å². The fourth-order valence-corrected chi connectivity index (χ4v) is 14.6. The number of amides is 1. The summed E-state index contributed by atoms with van der Waals surface area (Å²) in [5.74, 6) is -0.651. The van der Waals surface area contributed by atoms with E-state index < -0.39 is 52.1 Å². The molecule has 4 atom stereocenters. The van der Waals surface area contributed by atoms with Crippen LogP contribution in [0.5, 0.6) is 0 Å².